The van der Waals surface area contributed by atoms with Crippen molar-refractivity contribution in [3.8, 4) is 17.4 Å². The van der Waals surface area contributed by atoms with E-state index in [1.54, 1.807) is 31.5 Å². The Balaban J connectivity index is 2.23. The fourth-order valence-electron chi connectivity index (χ4n) is 1.47. The molecule has 0 spiro atoms. The van der Waals surface area contributed by atoms with Gasteiger partial charge in [-0.1, -0.05) is 0 Å². The van der Waals surface area contributed by atoms with E-state index in [1.165, 1.54) is 0 Å². The summed E-state index contributed by atoms with van der Waals surface area (Å²) in [6.07, 6.45) is 1.59. The topological polar surface area (TPSA) is 70.3 Å². The van der Waals surface area contributed by atoms with Crippen LogP contribution in [0.2, 0.25) is 0 Å². The first-order valence-electron chi connectivity index (χ1n) is 5.52. The van der Waals surface area contributed by atoms with Crippen LogP contribution in [-0.2, 0) is 0 Å². The smallest absolute Gasteiger partial charge is 0.238 e. The minimum absolute atomic E-state index is 0.447. The molecule has 1 aromatic heterocycles. The van der Waals surface area contributed by atoms with Crippen LogP contribution in [0.5, 0.6) is 17.4 Å². The van der Waals surface area contributed by atoms with E-state index in [1.807, 2.05) is 13.8 Å². The van der Waals surface area contributed by atoms with Gasteiger partial charge in [-0.15, -0.1) is 0 Å². The summed E-state index contributed by atoms with van der Waals surface area (Å²) in [5.74, 6) is 1.67. The third kappa shape index (κ3) is 2.51. The summed E-state index contributed by atoms with van der Waals surface area (Å²) in [5, 5.41) is 0. The lowest BCUT2D eigenvalue weighted by Gasteiger charge is -2.09. The molecule has 1 aromatic carbocycles. The van der Waals surface area contributed by atoms with Crippen LogP contribution in [0, 0.1) is 13.8 Å². The summed E-state index contributed by atoms with van der Waals surface area (Å²) in [4.78, 5) is 8.47. The Hall–Kier alpha value is -2.30. The van der Waals surface area contributed by atoms with Crippen molar-refractivity contribution in [2.24, 2.45) is 0 Å². The molecule has 0 saturated carbocycles. The molecule has 5 heteroatoms. The molecular weight excluding hydrogens is 230 g/mol. The van der Waals surface area contributed by atoms with Gasteiger partial charge in [-0.2, -0.15) is 0 Å². The summed E-state index contributed by atoms with van der Waals surface area (Å²) < 4.78 is 10.7. The third-order valence-corrected chi connectivity index (χ3v) is 2.59. The maximum atomic E-state index is 5.80. The second kappa shape index (κ2) is 4.91. The van der Waals surface area contributed by atoms with Crippen LogP contribution in [0.4, 0.5) is 5.69 Å². The van der Waals surface area contributed by atoms with E-state index in [-0.39, 0.29) is 0 Å². The maximum absolute atomic E-state index is 5.80. The molecule has 0 aliphatic heterocycles. The number of methoxy groups -OCH3 is 1. The van der Waals surface area contributed by atoms with Gasteiger partial charge in [-0.25, -0.2) is 4.98 Å². The van der Waals surface area contributed by atoms with Crippen molar-refractivity contribution in [2.75, 3.05) is 12.8 Å². The number of rotatable bonds is 3. The molecule has 0 aliphatic rings. The highest BCUT2D eigenvalue weighted by molar-refractivity contribution is 5.56. The quantitative estimate of drug-likeness (QED) is 0.841. The first-order valence-corrected chi connectivity index (χ1v) is 5.52. The SMILES string of the molecule is COc1ccc(Oc2cnc(C)c(C)n2)cc1N. The highest BCUT2D eigenvalue weighted by Gasteiger charge is 2.05. The lowest BCUT2D eigenvalue weighted by atomic mass is 10.3. The number of benzene rings is 1. The Labute approximate surface area is 106 Å². The van der Waals surface area contributed by atoms with E-state index in [4.69, 9.17) is 15.2 Å². The van der Waals surface area contributed by atoms with Gasteiger partial charge in [0.05, 0.1) is 30.4 Å². The van der Waals surface area contributed by atoms with Crippen LogP contribution < -0.4 is 15.2 Å². The third-order valence-electron chi connectivity index (χ3n) is 2.59. The van der Waals surface area contributed by atoms with E-state index in [0.717, 1.165) is 11.4 Å². The lowest BCUT2D eigenvalue weighted by molar-refractivity contribution is 0.414. The van der Waals surface area contributed by atoms with Crippen molar-refractivity contribution < 1.29 is 9.47 Å². The summed E-state index contributed by atoms with van der Waals surface area (Å²) >= 11 is 0. The molecule has 0 atom stereocenters. The molecule has 0 amide bonds. The molecule has 1 heterocycles. The molecule has 0 aliphatic carbocycles. The van der Waals surface area contributed by atoms with E-state index in [9.17, 15) is 0 Å². The average molecular weight is 245 g/mol. The van der Waals surface area contributed by atoms with Gasteiger partial charge in [0.1, 0.15) is 11.5 Å². The molecular formula is C13H15N3O2. The van der Waals surface area contributed by atoms with Crippen LogP contribution >= 0.6 is 0 Å². The van der Waals surface area contributed by atoms with Gasteiger partial charge in [0.2, 0.25) is 5.88 Å². The normalized spacial score (nSPS) is 10.2. The number of nitrogens with zero attached hydrogens (tertiary/aromatic N) is 2. The van der Waals surface area contributed by atoms with Gasteiger partial charge >= 0.3 is 0 Å². The molecule has 2 rings (SSSR count). The van der Waals surface area contributed by atoms with Gasteiger partial charge < -0.3 is 15.2 Å². The number of aryl methyl sites for hydroxylation is 2. The molecule has 2 aromatic rings. The highest BCUT2D eigenvalue weighted by Crippen LogP contribution is 2.28. The van der Waals surface area contributed by atoms with Crippen LogP contribution in [-0.4, -0.2) is 17.1 Å². The van der Waals surface area contributed by atoms with E-state index >= 15 is 0 Å². The average Bonchev–Trinajstić information content (AvgIpc) is 2.34. The number of nitrogen functional groups attached to an aromatic ring is 1. The van der Waals surface area contributed by atoms with Crippen LogP contribution in [0.3, 0.4) is 0 Å². The molecule has 2 N–H and O–H groups in total. The van der Waals surface area contributed by atoms with E-state index in [0.29, 0.717) is 23.1 Å². The molecule has 0 saturated heterocycles. The maximum Gasteiger partial charge on any atom is 0.238 e. The Kier molecular flexibility index (Phi) is 3.32. The van der Waals surface area contributed by atoms with Crippen LogP contribution in [0.15, 0.2) is 24.4 Å². The predicted molar refractivity (Wildman–Crippen MR) is 69.0 cm³/mol. The Morgan fingerprint density at radius 3 is 2.56 bits per heavy atom. The zero-order valence-electron chi connectivity index (χ0n) is 10.6. The minimum atomic E-state index is 0.447. The zero-order valence-corrected chi connectivity index (χ0v) is 10.6. The summed E-state index contributed by atoms with van der Waals surface area (Å²) in [7, 11) is 1.57. The van der Waals surface area contributed by atoms with Gasteiger partial charge in [0.25, 0.3) is 0 Å². The number of ether oxygens (including phenoxy) is 2. The largest absolute Gasteiger partial charge is 0.495 e. The van der Waals surface area contributed by atoms with Crippen molar-refractivity contribution in [2.45, 2.75) is 13.8 Å². The van der Waals surface area contributed by atoms with Crippen molar-refractivity contribution >= 4 is 5.69 Å². The highest BCUT2D eigenvalue weighted by atomic mass is 16.5. The predicted octanol–water partition coefficient (Wildman–Crippen LogP) is 2.48. The monoisotopic (exact) mass is 245 g/mol. The summed E-state index contributed by atoms with van der Waals surface area (Å²) in [6.45, 7) is 3.79. The number of nitrogens with two attached hydrogens (primary N) is 1. The van der Waals surface area contributed by atoms with Gasteiger partial charge in [0.15, 0.2) is 0 Å². The zero-order chi connectivity index (χ0) is 13.1. The van der Waals surface area contributed by atoms with Crippen molar-refractivity contribution in [1.82, 2.24) is 9.97 Å². The van der Waals surface area contributed by atoms with Crippen LogP contribution in [0.25, 0.3) is 0 Å². The molecule has 0 bridgehead atoms. The molecule has 0 fully saturated rings. The van der Waals surface area contributed by atoms with Crippen molar-refractivity contribution in [3.63, 3.8) is 0 Å². The first-order chi connectivity index (χ1) is 8.60. The van der Waals surface area contributed by atoms with Gasteiger partial charge in [-0.3, -0.25) is 4.98 Å². The number of anilines is 1. The lowest BCUT2D eigenvalue weighted by Crippen LogP contribution is -1.96. The van der Waals surface area contributed by atoms with Gasteiger partial charge in [-0.05, 0) is 26.0 Å². The van der Waals surface area contributed by atoms with Gasteiger partial charge in [0, 0.05) is 6.07 Å². The number of aromatic nitrogens is 2. The number of hydrogen-bond acceptors (Lipinski definition) is 5. The van der Waals surface area contributed by atoms with Crippen molar-refractivity contribution in [1.29, 1.82) is 0 Å². The molecule has 5 nitrogen and oxygen atoms in total. The Morgan fingerprint density at radius 1 is 1.17 bits per heavy atom. The Morgan fingerprint density at radius 2 is 1.94 bits per heavy atom. The Bertz CT molecular complexity index is 570. The summed E-state index contributed by atoms with van der Waals surface area (Å²) in [6, 6.07) is 5.21. The second-order valence-electron chi connectivity index (χ2n) is 3.88. The molecule has 0 radical (unpaired) electrons. The standard InChI is InChI=1S/C13H15N3O2/c1-8-9(2)16-13(7-15-8)18-10-4-5-12(17-3)11(14)6-10/h4-7H,14H2,1-3H3. The van der Waals surface area contributed by atoms with Crippen LogP contribution in [0.1, 0.15) is 11.4 Å². The molecule has 18 heavy (non-hydrogen) atoms. The van der Waals surface area contributed by atoms with E-state index < -0.39 is 0 Å². The first kappa shape index (κ1) is 12.2. The second-order valence-corrected chi connectivity index (χ2v) is 3.88. The fraction of sp³-hybridized carbons (Fsp3) is 0.231. The number of hydrogen-bond donors (Lipinski definition) is 1. The fourth-order valence-corrected chi connectivity index (χ4v) is 1.47. The molecule has 94 valence electrons. The summed E-state index contributed by atoms with van der Waals surface area (Å²) in [5.41, 5.74) is 8.05. The molecule has 0 unspecified atom stereocenters. The minimum Gasteiger partial charge on any atom is -0.495 e. The van der Waals surface area contributed by atoms with Crippen molar-refractivity contribution in [3.05, 3.63) is 35.8 Å². The van der Waals surface area contributed by atoms with E-state index in [2.05, 4.69) is 9.97 Å².